The number of nitrogens with one attached hydrogen (secondary N) is 2. The molecule has 3 aromatic carbocycles. The Hall–Kier alpha value is -2.66. The summed E-state index contributed by atoms with van der Waals surface area (Å²) in [6, 6.07) is 17.5. The molecule has 1 atom stereocenters. The molecule has 0 bridgehead atoms. The summed E-state index contributed by atoms with van der Waals surface area (Å²) in [5.74, 6) is -1.23. The molecule has 4 N–H and O–H groups in total. The number of sulfone groups is 1. The molecule has 0 amide bonds. The van der Waals surface area contributed by atoms with E-state index in [0.717, 1.165) is 17.2 Å². The summed E-state index contributed by atoms with van der Waals surface area (Å²) < 4.78 is 31.2. The molecule has 0 aliphatic rings. The van der Waals surface area contributed by atoms with E-state index in [1.54, 1.807) is 30.3 Å². The largest absolute Gasteiger partial charge is 0.478 e. The molecule has 0 unspecified atom stereocenters. The molecular formula is C26H30Cl2N2O6S. The minimum Gasteiger partial charge on any atom is -0.478 e. The van der Waals surface area contributed by atoms with Crippen molar-refractivity contribution in [2.45, 2.75) is 22.3 Å². The highest BCUT2D eigenvalue weighted by Crippen LogP contribution is 2.26. The maximum Gasteiger partial charge on any atom is 0.337 e. The number of aliphatic hydroxyl groups is 1. The van der Waals surface area contributed by atoms with Crippen LogP contribution < -0.4 is 10.6 Å². The zero-order valence-corrected chi connectivity index (χ0v) is 22.6. The Balaban J connectivity index is 0.00000481. The van der Waals surface area contributed by atoms with Gasteiger partial charge in [-0.1, -0.05) is 35.9 Å². The van der Waals surface area contributed by atoms with E-state index in [9.17, 15) is 23.4 Å². The lowest BCUT2D eigenvalue weighted by molar-refractivity contribution is 0.0697. The van der Waals surface area contributed by atoms with Gasteiger partial charge in [0.2, 0.25) is 9.84 Å². The van der Waals surface area contributed by atoms with Crippen molar-refractivity contribution in [3.63, 3.8) is 0 Å². The molecule has 8 nitrogen and oxygen atoms in total. The van der Waals surface area contributed by atoms with Crippen molar-refractivity contribution in [1.29, 1.82) is 0 Å². The van der Waals surface area contributed by atoms with Gasteiger partial charge in [0.25, 0.3) is 0 Å². The molecule has 11 heteroatoms. The highest BCUT2D eigenvalue weighted by atomic mass is 35.5. The van der Waals surface area contributed by atoms with Crippen LogP contribution in [-0.4, -0.2) is 58.0 Å². The van der Waals surface area contributed by atoms with Crippen LogP contribution in [0.4, 0.5) is 5.69 Å². The molecule has 0 aliphatic heterocycles. The van der Waals surface area contributed by atoms with Gasteiger partial charge in [0.15, 0.2) is 0 Å². The lowest BCUT2D eigenvalue weighted by Crippen LogP contribution is -2.23. The second kappa shape index (κ2) is 14.3. The van der Waals surface area contributed by atoms with Gasteiger partial charge in [-0.15, -0.1) is 12.4 Å². The molecule has 0 aliphatic carbocycles. The number of halogens is 2. The SMILES string of the molecule is COCCNc1ccc(S(=O)(=O)c2ccc(CCNC[C@H](O)c3cccc(Cl)c3)cc2)cc1C(=O)O.Cl. The third-order valence-electron chi connectivity index (χ3n) is 5.55. The topological polar surface area (TPSA) is 125 Å². The van der Waals surface area contributed by atoms with Gasteiger partial charge in [-0.05, 0) is 66.6 Å². The first-order valence-corrected chi connectivity index (χ1v) is 13.2. The Morgan fingerprint density at radius 3 is 2.38 bits per heavy atom. The number of aliphatic hydroxyl groups excluding tert-OH is 1. The molecule has 0 radical (unpaired) electrons. The van der Waals surface area contributed by atoms with Crippen LogP contribution in [0.15, 0.2) is 76.5 Å². The number of hydrogen-bond donors (Lipinski definition) is 4. The number of ether oxygens (including phenoxy) is 1. The number of anilines is 1. The zero-order chi connectivity index (χ0) is 26.1. The van der Waals surface area contributed by atoms with E-state index in [4.69, 9.17) is 16.3 Å². The summed E-state index contributed by atoms with van der Waals surface area (Å²) in [6.45, 7) is 1.71. The van der Waals surface area contributed by atoms with E-state index < -0.39 is 21.9 Å². The average molecular weight is 570 g/mol. The van der Waals surface area contributed by atoms with Crippen molar-refractivity contribution < 1.29 is 28.2 Å². The van der Waals surface area contributed by atoms with Crippen molar-refractivity contribution >= 4 is 45.5 Å². The smallest absolute Gasteiger partial charge is 0.337 e. The van der Waals surface area contributed by atoms with Gasteiger partial charge < -0.3 is 25.6 Å². The van der Waals surface area contributed by atoms with Gasteiger partial charge in [0.05, 0.1) is 28.1 Å². The van der Waals surface area contributed by atoms with Crippen LogP contribution in [0.1, 0.15) is 27.6 Å². The fraction of sp³-hybridized carbons (Fsp3) is 0.269. The van der Waals surface area contributed by atoms with Gasteiger partial charge in [0, 0.05) is 30.9 Å². The number of rotatable bonds is 13. The van der Waals surface area contributed by atoms with E-state index in [1.165, 1.54) is 31.4 Å². The van der Waals surface area contributed by atoms with E-state index in [0.29, 0.717) is 43.4 Å². The third kappa shape index (κ3) is 8.43. The lowest BCUT2D eigenvalue weighted by atomic mass is 10.1. The standard InChI is InChI=1S/C26H29ClN2O6S.ClH/c1-35-14-13-29-24-10-9-22(16-23(24)26(31)32)36(33,34)21-7-5-18(6-8-21)11-12-28-17-25(30)19-3-2-4-20(27)15-19;/h2-10,15-16,25,28-30H,11-14,17H2,1H3,(H,31,32);1H/t25-;/m0./s1. The molecule has 0 fully saturated rings. The molecular weight excluding hydrogens is 539 g/mol. The molecule has 200 valence electrons. The Morgan fingerprint density at radius 2 is 1.73 bits per heavy atom. The number of hydrogen-bond acceptors (Lipinski definition) is 7. The summed E-state index contributed by atoms with van der Waals surface area (Å²) in [5.41, 5.74) is 1.84. The van der Waals surface area contributed by atoms with Crippen molar-refractivity contribution in [1.82, 2.24) is 5.32 Å². The second-order valence-corrected chi connectivity index (χ2v) is 10.5. The quantitative estimate of drug-likeness (QED) is 0.226. The molecule has 0 saturated heterocycles. The molecule has 37 heavy (non-hydrogen) atoms. The van der Waals surface area contributed by atoms with Crippen LogP contribution >= 0.6 is 24.0 Å². The Bertz CT molecular complexity index is 1290. The number of carboxylic acid groups (broad SMARTS) is 1. The highest BCUT2D eigenvalue weighted by molar-refractivity contribution is 7.91. The van der Waals surface area contributed by atoms with Gasteiger partial charge in [-0.2, -0.15) is 0 Å². The molecule has 0 aromatic heterocycles. The van der Waals surface area contributed by atoms with E-state index in [1.807, 2.05) is 6.07 Å². The van der Waals surface area contributed by atoms with Crippen LogP contribution in [0, 0.1) is 0 Å². The fourth-order valence-electron chi connectivity index (χ4n) is 3.58. The number of methoxy groups -OCH3 is 1. The second-order valence-electron chi connectivity index (χ2n) is 8.10. The minimum atomic E-state index is -3.90. The number of carbonyl (C=O) groups is 1. The van der Waals surface area contributed by atoms with Crippen LogP contribution in [0.2, 0.25) is 5.02 Å². The zero-order valence-electron chi connectivity index (χ0n) is 20.2. The number of carboxylic acids is 1. The van der Waals surface area contributed by atoms with Crippen molar-refractivity contribution in [3.05, 3.63) is 88.4 Å². The first kappa shape index (κ1) is 30.6. The first-order chi connectivity index (χ1) is 17.2. The molecule has 0 heterocycles. The van der Waals surface area contributed by atoms with Gasteiger partial charge in [-0.3, -0.25) is 0 Å². The summed E-state index contributed by atoms with van der Waals surface area (Å²) in [5, 5.41) is 26.5. The summed E-state index contributed by atoms with van der Waals surface area (Å²) >= 11 is 5.96. The van der Waals surface area contributed by atoms with Crippen molar-refractivity contribution in [2.24, 2.45) is 0 Å². The van der Waals surface area contributed by atoms with Crippen molar-refractivity contribution in [3.8, 4) is 0 Å². The summed E-state index contributed by atoms with van der Waals surface area (Å²) in [7, 11) is -2.37. The summed E-state index contributed by atoms with van der Waals surface area (Å²) in [4.78, 5) is 11.7. The first-order valence-electron chi connectivity index (χ1n) is 11.3. The van der Waals surface area contributed by atoms with Gasteiger partial charge in [0.1, 0.15) is 0 Å². The molecule has 3 aromatic rings. The minimum absolute atomic E-state index is 0. The predicted molar refractivity (Wildman–Crippen MR) is 146 cm³/mol. The van der Waals surface area contributed by atoms with Gasteiger partial charge in [-0.25, -0.2) is 13.2 Å². The van der Waals surface area contributed by atoms with Gasteiger partial charge >= 0.3 is 5.97 Å². The maximum atomic E-state index is 13.1. The highest BCUT2D eigenvalue weighted by Gasteiger charge is 2.21. The number of benzene rings is 3. The Labute approximate surface area is 228 Å². The monoisotopic (exact) mass is 568 g/mol. The van der Waals surface area contributed by atoms with E-state index in [2.05, 4.69) is 10.6 Å². The maximum absolute atomic E-state index is 13.1. The van der Waals surface area contributed by atoms with Crippen LogP contribution in [0.5, 0.6) is 0 Å². The van der Waals surface area contributed by atoms with Crippen molar-refractivity contribution in [2.75, 3.05) is 38.7 Å². The molecule has 3 rings (SSSR count). The molecule has 0 saturated carbocycles. The normalized spacial score (nSPS) is 12.0. The van der Waals surface area contributed by atoms with E-state index in [-0.39, 0.29) is 27.8 Å². The van der Waals surface area contributed by atoms with Crippen LogP contribution in [0.25, 0.3) is 0 Å². The lowest BCUT2D eigenvalue weighted by Gasteiger charge is -2.13. The third-order valence-corrected chi connectivity index (χ3v) is 7.55. The van der Waals surface area contributed by atoms with E-state index >= 15 is 0 Å². The fourth-order valence-corrected chi connectivity index (χ4v) is 5.07. The Morgan fingerprint density at radius 1 is 1.03 bits per heavy atom. The predicted octanol–water partition coefficient (Wildman–Crippen LogP) is 4.22. The Kier molecular flexibility index (Phi) is 11.8. The van der Waals surface area contributed by atoms with Crippen LogP contribution in [0.3, 0.4) is 0 Å². The summed E-state index contributed by atoms with van der Waals surface area (Å²) in [6.07, 6.45) is -0.0541. The number of aromatic carboxylic acids is 1. The van der Waals surface area contributed by atoms with Crippen LogP contribution in [-0.2, 0) is 21.0 Å². The molecule has 0 spiro atoms. The average Bonchev–Trinajstić information content (AvgIpc) is 2.87.